The standard InChI is InChI=1S/C8H13N3S2/c1-5-3-7(13-6(5)2)4-10-8(12)11-9/h3H,4,9H2,1-2H3,(H2,10,11,12). The maximum absolute atomic E-state index is 5.12. The molecule has 0 fully saturated rings. The molecule has 0 saturated heterocycles. The zero-order chi connectivity index (χ0) is 9.84. The Morgan fingerprint density at radius 3 is 2.77 bits per heavy atom. The molecule has 0 saturated carbocycles. The third kappa shape index (κ3) is 2.95. The number of hydrogen-bond donors (Lipinski definition) is 3. The third-order valence-electron chi connectivity index (χ3n) is 1.77. The molecule has 0 atom stereocenters. The van der Waals surface area contributed by atoms with E-state index >= 15 is 0 Å². The van der Waals surface area contributed by atoms with Crippen LogP contribution in [0.4, 0.5) is 0 Å². The van der Waals surface area contributed by atoms with Gasteiger partial charge in [0, 0.05) is 9.75 Å². The highest BCUT2D eigenvalue weighted by Gasteiger charge is 2.01. The molecule has 0 aliphatic rings. The molecular formula is C8H13N3S2. The Kier molecular flexibility index (Phi) is 3.65. The largest absolute Gasteiger partial charge is 0.357 e. The van der Waals surface area contributed by atoms with Crippen molar-refractivity contribution in [2.24, 2.45) is 5.84 Å². The van der Waals surface area contributed by atoms with Crippen molar-refractivity contribution < 1.29 is 0 Å². The number of nitrogens with two attached hydrogens (primary N) is 1. The van der Waals surface area contributed by atoms with E-state index in [4.69, 9.17) is 18.1 Å². The minimum atomic E-state index is 0.476. The van der Waals surface area contributed by atoms with Crippen LogP contribution in [0.25, 0.3) is 0 Å². The lowest BCUT2D eigenvalue weighted by Crippen LogP contribution is -2.39. The Bertz CT molecular complexity index is 287. The maximum Gasteiger partial charge on any atom is 0.180 e. The second-order valence-electron chi connectivity index (χ2n) is 2.78. The van der Waals surface area contributed by atoms with Crippen LogP contribution < -0.4 is 16.6 Å². The van der Waals surface area contributed by atoms with Gasteiger partial charge in [0.05, 0.1) is 6.54 Å². The Morgan fingerprint density at radius 1 is 1.62 bits per heavy atom. The van der Waals surface area contributed by atoms with Crippen LogP contribution in [0, 0.1) is 13.8 Å². The lowest BCUT2D eigenvalue weighted by atomic mass is 10.3. The van der Waals surface area contributed by atoms with E-state index in [0.717, 1.165) is 6.54 Å². The van der Waals surface area contributed by atoms with Gasteiger partial charge in [0.25, 0.3) is 0 Å². The van der Waals surface area contributed by atoms with Gasteiger partial charge < -0.3 is 10.7 Å². The predicted molar refractivity (Wildman–Crippen MR) is 60.6 cm³/mol. The predicted octanol–water partition coefficient (Wildman–Crippen LogP) is 1.20. The summed E-state index contributed by atoms with van der Waals surface area (Å²) in [5, 5.41) is 3.47. The Morgan fingerprint density at radius 2 is 2.31 bits per heavy atom. The normalized spacial score (nSPS) is 9.77. The number of hydrazine groups is 1. The van der Waals surface area contributed by atoms with Crippen LogP contribution in [0.3, 0.4) is 0 Å². The van der Waals surface area contributed by atoms with E-state index < -0.39 is 0 Å². The topological polar surface area (TPSA) is 50.1 Å². The summed E-state index contributed by atoms with van der Waals surface area (Å²) in [6.07, 6.45) is 0. The summed E-state index contributed by atoms with van der Waals surface area (Å²) in [5.41, 5.74) is 3.71. The zero-order valence-electron chi connectivity index (χ0n) is 7.68. The molecule has 0 amide bonds. The second-order valence-corrected chi connectivity index (χ2v) is 4.53. The quantitative estimate of drug-likeness (QED) is 0.394. The first kappa shape index (κ1) is 10.4. The maximum atomic E-state index is 5.12. The lowest BCUT2D eigenvalue weighted by Gasteiger charge is -2.03. The van der Waals surface area contributed by atoms with E-state index in [1.165, 1.54) is 15.3 Å². The van der Waals surface area contributed by atoms with Crippen LogP contribution >= 0.6 is 23.6 Å². The molecule has 5 heteroatoms. The average Bonchev–Trinajstić information content (AvgIpc) is 2.42. The van der Waals surface area contributed by atoms with Crippen LogP contribution in [-0.2, 0) is 6.54 Å². The molecule has 0 spiro atoms. The van der Waals surface area contributed by atoms with Gasteiger partial charge in [-0.25, -0.2) is 5.84 Å². The Balaban J connectivity index is 2.50. The van der Waals surface area contributed by atoms with Gasteiger partial charge in [-0.2, -0.15) is 0 Å². The third-order valence-corrected chi connectivity index (χ3v) is 3.19. The van der Waals surface area contributed by atoms with Gasteiger partial charge >= 0.3 is 0 Å². The summed E-state index contributed by atoms with van der Waals surface area (Å²) in [4.78, 5) is 2.62. The van der Waals surface area contributed by atoms with Crippen LogP contribution in [0.1, 0.15) is 15.3 Å². The zero-order valence-corrected chi connectivity index (χ0v) is 9.31. The molecule has 1 aromatic heterocycles. The molecule has 0 radical (unpaired) electrons. The first-order valence-electron chi connectivity index (χ1n) is 3.94. The molecule has 0 aromatic carbocycles. The van der Waals surface area contributed by atoms with Gasteiger partial charge in [0.15, 0.2) is 5.11 Å². The van der Waals surface area contributed by atoms with Gasteiger partial charge in [-0.1, -0.05) is 0 Å². The van der Waals surface area contributed by atoms with Crippen molar-refractivity contribution in [2.45, 2.75) is 20.4 Å². The van der Waals surface area contributed by atoms with Crippen LogP contribution in [0.2, 0.25) is 0 Å². The first-order chi connectivity index (χ1) is 6.13. The van der Waals surface area contributed by atoms with Crippen molar-refractivity contribution in [1.82, 2.24) is 10.7 Å². The van der Waals surface area contributed by atoms with Crippen molar-refractivity contribution in [2.75, 3.05) is 0 Å². The molecule has 1 rings (SSSR count). The number of aryl methyl sites for hydroxylation is 2. The van der Waals surface area contributed by atoms with Gasteiger partial charge in [0.2, 0.25) is 0 Å². The van der Waals surface area contributed by atoms with E-state index in [1.54, 1.807) is 11.3 Å². The summed E-state index contributed by atoms with van der Waals surface area (Å²) >= 11 is 6.63. The van der Waals surface area contributed by atoms with Crippen LogP contribution in [0.5, 0.6) is 0 Å². The molecule has 0 aliphatic heterocycles. The molecule has 0 aliphatic carbocycles. The van der Waals surface area contributed by atoms with E-state index in [1.807, 2.05) is 0 Å². The molecule has 1 aromatic rings. The minimum Gasteiger partial charge on any atom is -0.357 e. The minimum absolute atomic E-state index is 0.476. The fourth-order valence-corrected chi connectivity index (χ4v) is 2.02. The van der Waals surface area contributed by atoms with Crippen molar-refractivity contribution in [1.29, 1.82) is 0 Å². The van der Waals surface area contributed by atoms with E-state index in [-0.39, 0.29) is 0 Å². The van der Waals surface area contributed by atoms with Gasteiger partial charge in [0.1, 0.15) is 0 Å². The summed E-state index contributed by atoms with van der Waals surface area (Å²) in [6, 6.07) is 2.16. The highest BCUT2D eigenvalue weighted by Crippen LogP contribution is 2.19. The number of rotatable bonds is 2. The molecule has 1 heterocycles. The SMILES string of the molecule is Cc1cc(CNC(=S)NN)sc1C. The first-order valence-corrected chi connectivity index (χ1v) is 5.16. The number of nitrogens with one attached hydrogen (secondary N) is 2. The molecule has 72 valence electrons. The van der Waals surface area contributed by atoms with Gasteiger partial charge in [-0.15, -0.1) is 11.3 Å². The molecular weight excluding hydrogens is 202 g/mol. The number of thiocarbonyl (C=S) groups is 1. The summed E-state index contributed by atoms with van der Waals surface area (Å²) in [5.74, 6) is 5.12. The van der Waals surface area contributed by atoms with E-state index in [2.05, 4.69) is 30.7 Å². The number of thiophene rings is 1. The summed E-state index contributed by atoms with van der Waals surface area (Å²) in [7, 11) is 0. The average molecular weight is 215 g/mol. The molecule has 13 heavy (non-hydrogen) atoms. The monoisotopic (exact) mass is 215 g/mol. The molecule has 0 unspecified atom stereocenters. The molecule has 0 bridgehead atoms. The van der Waals surface area contributed by atoms with E-state index in [9.17, 15) is 0 Å². The Hall–Kier alpha value is -0.650. The summed E-state index contributed by atoms with van der Waals surface area (Å²) in [6.45, 7) is 4.96. The lowest BCUT2D eigenvalue weighted by molar-refractivity contribution is 0.878. The second kappa shape index (κ2) is 4.55. The fourth-order valence-electron chi connectivity index (χ4n) is 0.955. The van der Waals surface area contributed by atoms with Gasteiger partial charge in [-0.05, 0) is 37.7 Å². The van der Waals surface area contributed by atoms with Gasteiger partial charge in [-0.3, -0.25) is 0 Å². The van der Waals surface area contributed by atoms with Crippen molar-refractivity contribution in [3.05, 3.63) is 21.4 Å². The van der Waals surface area contributed by atoms with E-state index in [0.29, 0.717) is 5.11 Å². The Labute approximate surface area is 87.3 Å². The molecule has 4 N–H and O–H groups in total. The smallest absolute Gasteiger partial charge is 0.180 e. The summed E-state index contributed by atoms with van der Waals surface area (Å²) < 4.78 is 0. The fraction of sp³-hybridized carbons (Fsp3) is 0.375. The molecule has 3 nitrogen and oxygen atoms in total. The highest BCUT2D eigenvalue weighted by atomic mass is 32.1. The van der Waals surface area contributed by atoms with Crippen molar-refractivity contribution >= 4 is 28.7 Å². The van der Waals surface area contributed by atoms with Crippen LogP contribution in [0.15, 0.2) is 6.07 Å². The highest BCUT2D eigenvalue weighted by molar-refractivity contribution is 7.80. The number of hydrogen-bond acceptors (Lipinski definition) is 3. The van der Waals surface area contributed by atoms with Crippen LogP contribution in [-0.4, -0.2) is 5.11 Å². The van der Waals surface area contributed by atoms with Crippen molar-refractivity contribution in [3.8, 4) is 0 Å². The van der Waals surface area contributed by atoms with Crippen molar-refractivity contribution in [3.63, 3.8) is 0 Å².